The van der Waals surface area contributed by atoms with Gasteiger partial charge >= 0.3 is 0 Å². The number of nitrogens with zero attached hydrogens (tertiary/aromatic N) is 1. The minimum atomic E-state index is 0.590. The molecule has 5 aromatic rings. The van der Waals surface area contributed by atoms with Crippen LogP contribution >= 0.6 is 0 Å². The molecule has 0 saturated heterocycles. The van der Waals surface area contributed by atoms with Crippen LogP contribution in [-0.4, -0.2) is 4.57 Å². The summed E-state index contributed by atoms with van der Waals surface area (Å²) in [5, 5.41) is 5.65. The third kappa shape index (κ3) is 1.97. The summed E-state index contributed by atoms with van der Waals surface area (Å²) in [6, 6.07) is 28.7. The van der Waals surface area contributed by atoms with E-state index in [2.05, 4.69) is 97.3 Å². The second-order valence-corrected chi connectivity index (χ2v) is 8.32. The summed E-state index contributed by atoms with van der Waals surface area (Å²) in [6.45, 7) is 4.81. The van der Waals surface area contributed by atoms with Crippen molar-refractivity contribution in [1.29, 1.82) is 0 Å². The molecule has 0 saturated carbocycles. The van der Waals surface area contributed by atoms with Gasteiger partial charge in [-0.1, -0.05) is 74.5 Å². The summed E-state index contributed by atoms with van der Waals surface area (Å²) < 4.78 is 2.48. The van der Waals surface area contributed by atoms with Gasteiger partial charge in [0.05, 0.1) is 11.0 Å². The van der Waals surface area contributed by atoms with Crippen LogP contribution in [0, 0.1) is 0 Å². The molecule has 1 heterocycles. The number of hydrogen-bond acceptors (Lipinski definition) is 0. The Bertz CT molecular complexity index is 1360. The molecule has 0 bridgehead atoms. The summed E-state index contributed by atoms with van der Waals surface area (Å²) in [5.41, 5.74) is 7.05. The average molecular weight is 361 g/mol. The van der Waals surface area contributed by atoms with E-state index in [-0.39, 0.29) is 0 Å². The first kappa shape index (κ1) is 15.9. The molecule has 6 rings (SSSR count). The Morgan fingerprint density at radius 1 is 0.643 bits per heavy atom. The topological polar surface area (TPSA) is 4.93 Å². The Morgan fingerprint density at radius 3 is 2.04 bits per heavy atom. The second kappa shape index (κ2) is 5.72. The lowest BCUT2D eigenvalue weighted by Crippen LogP contribution is -1.97. The summed E-state index contributed by atoms with van der Waals surface area (Å²) in [4.78, 5) is 0. The number of benzene rings is 4. The first-order valence-corrected chi connectivity index (χ1v) is 10.3. The summed E-state index contributed by atoms with van der Waals surface area (Å²) in [7, 11) is 0. The van der Waals surface area contributed by atoms with Crippen molar-refractivity contribution in [3.63, 3.8) is 0 Å². The molecular formula is C27H23N. The van der Waals surface area contributed by atoms with Gasteiger partial charge in [-0.25, -0.2) is 0 Å². The SMILES string of the molecule is CC1CC(C)c2c1c1ccccc1c1c2c2ccccc2n1-c1ccccc1. The zero-order chi connectivity index (χ0) is 18.8. The second-order valence-electron chi connectivity index (χ2n) is 8.32. The van der Waals surface area contributed by atoms with Gasteiger partial charge in [-0.2, -0.15) is 0 Å². The van der Waals surface area contributed by atoms with Crippen molar-refractivity contribution in [3.8, 4) is 5.69 Å². The highest BCUT2D eigenvalue weighted by Gasteiger charge is 2.32. The van der Waals surface area contributed by atoms with Crippen molar-refractivity contribution in [3.05, 3.63) is 90.0 Å². The largest absolute Gasteiger partial charge is 0.309 e. The van der Waals surface area contributed by atoms with Crippen molar-refractivity contribution in [2.75, 3.05) is 0 Å². The van der Waals surface area contributed by atoms with Crippen LogP contribution < -0.4 is 0 Å². The van der Waals surface area contributed by atoms with Gasteiger partial charge in [-0.05, 0) is 53.0 Å². The molecule has 0 radical (unpaired) electrons. The van der Waals surface area contributed by atoms with Gasteiger partial charge in [0.1, 0.15) is 0 Å². The molecule has 1 heteroatoms. The predicted molar refractivity (Wildman–Crippen MR) is 120 cm³/mol. The first-order valence-electron chi connectivity index (χ1n) is 10.3. The quantitative estimate of drug-likeness (QED) is 0.290. The van der Waals surface area contributed by atoms with E-state index in [4.69, 9.17) is 0 Å². The predicted octanol–water partition coefficient (Wildman–Crippen LogP) is 7.55. The van der Waals surface area contributed by atoms with Crippen LogP contribution in [0.15, 0.2) is 78.9 Å². The zero-order valence-corrected chi connectivity index (χ0v) is 16.3. The van der Waals surface area contributed by atoms with E-state index in [1.807, 2.05) is 0 Å². The standard InChI is InChI=1S/C27H23N/c1-17-16-18(2)25-24(17)20-12-6-7-13-21(20)27-26(25)22-14-8-9-15-23(22)28(27)19-10-4-3-5-11-19/h3-15,17-18H,16H2,1-2H3. The van der Waals surface area contributed by atoms with E-state index in [1.54, 1.807) is 11.1 Å². The van der Waals surface area contributed by atoms with Crippen molar-refractivity contribution in [2.45, 2.75) is 32.1 Å². The van der Waals surface area contributed by atoms with E-state index < -0.39 is 0 Å². The molecule has 1 aliphatic carbocycles. The van der Waals surface area contributed by atoms with E-state index in [9.17, 15) is 0 Å². The molecule has 2 atom stereocenters. The van der Waals surface area contributed by atoms with Crippen molar-refractivity contribution >= 4 is 32.6 Å². The minimum Gasteiger partial charge on any atom is -0.309 e. The maximum Gasteiger partial charge on any atom is 0.0622 e. The van der Waals surface area contributed by atoms with Crippen molar-refractivity contribution < 1.29 is 0 Å². The Labute approximate surface area is 165 Å². The molecular weight excluding hydrogens is 338 g/mol. The van der Waals surface area contributed by atoms with Gasteiger partial charge < -0.3 is 4.57 Å². The van der Waals surface area contributed by atoms with E-state index in [1.165, 1.54) is 44.7 Å². The maximum atomic E-state index is 2.48. The Hall–Kier alpha value is -3.06. The fourth-order valence-corrected chi connectivity index (χ4v) is 5.63. The van der Waals surface area contributed by atoms with Crippen LogP contribution in [0.4, 0.5) is 0 Å². The van der Waals surface area contributed by atoms with E-state index >= 15 is 0 Å². The smallest absolute Gasteiger partial charge is 0.0622 e. The van der Waals surface area contributed by atoms with Crippen LogP contribution in [0.5, 0.6) is 0 Å². The fraction of sp³-hybridized carbons (Fsp3) is 0.185. The van der Waals surface area contributed by atoms with Gasteiger partial charge in [-0.15, -0.1) is 0 Å². The number of aromatic nitrogens is 1. The summed E-state index contributed by atoms with van der Waals surface area (Å²) >= 11 is 0. The molecule has 0 fully saturated rings. The van der Waals surface area contributed by atoms with Gasteiger partial charge in [0.2, 0.25) is 0 Å². The molecule has 0 N–H and O–H groups in total. The Balaban J connectivity index is 1.96. The summed E-state index contributed by atoms with van der Waals surface area (Å²) in [5.74, 6) is 1.20. The lowest BCUT2D eigenvalue weighted by molar-refractivity contribution is 0.664. The molecule has 0 aliphatic heterocycles. The Morgan fingerprint density at radius 2 is 1.25 bits per heavy atom. The van der Waals surface area contributed by atoms with Crippen molar-refractivity contribution in [2.24, 2.45) is 0 Å². The molecule has 28 heavy (non-hydrogen) atoms. The Kier molecular flexibility index (Phi) is 3.26. The number of hydrogen-bond donors (Lipinski definition) is 0. The molecule has 1 aromatic heterocycles. The van der Waals surface area contributed by atoms with Gasteiger partial charge in [0.15, 0.2) is 0 Å². The van der Waals surface area contributed by atoms with Gasteiger partial charge in [0, 0.05) is 21.8 Å². The van der Waals surface area contributed by atoms with Gasteiger partial charge in [0.25, 0.3) is 0 Å². The third-order valence-electron chi connectivity index (χ3n) is 6.61. The van der Waals surface area contributed by atoms with E-state index in [0.717, 1.165) is 0 Å². The van der Waals surface area contributed by atoms with Crippen LogP contribution in [0.25, 0.3) is 38.3 Å². The normalized spacial score (nSPS) is 18.9. The number of rotatable bonds is 1. The highest BCUT2D eigenvalue weighted by molar-refractivity contribution is 6.21. The van der Waals surface area contributed by atoms with E-state index in [0.29, 0.717) is 11.8 Å². The molecule has 1 nitrogen and oxygen atoms in total. The minimum absolute atomic E-state index is 0.590. The molecule has 4 aromatic carbocycles. The molecule has 1 aliphatic rings. The molecule has 2 unspecified atom stereocenters. The third-order valence-corrected chi connectivity index (χ3v) is 6.61. The monoisotopic (exact) mass is 361 g/mol. The van der Waals surface area contributed by atoms with Crippen LogP contribution in [0.3, 0.4) is 0 Å². The number of fused-ring (bicyclic) bond motifs is 8. The van der Waals surface area contributed by atoms with Crippen LogP contribution in [0.1, 0.15) is 43.2 Å². The van der Waals surface area contributed by atoms with Crippen LogP contribution in [-0.2, 0) is 0 Å². The maximum absolute atomic E-state index is 2.48. The lowest BCUT2D eigenvalue weighted by atomic mass is 9.91. The lowest BCUT2D eigenvalue weighted by Gasteiger charge is -2.15. The molecule has 136 valence electrons. The average Bonchev–Trinajstić information content (AvgIpc) is 3.23. The number of para-hydroxylation sites is 2. The first-order chi connectivity index (χ1) is 13.8. The highest BCUT2D eigenvalue weighted by atomic mass is 15.0. The molecule has 0 spiro atoms. The molecule has 0 amide bonds. The highest BCUT2D eigenvalue weighted by Crippen LogP contribution is 2.51. The van der Waals surface area contributed by atoms with Crippen LogP contribution in [0.2, 0.25) is 0 Å². The fourth-order valence-electron chi connectivity index (χ4n) is 5.63. The van der Waals surface area contributed by atoms with Crippen molar-refractivity contribution in [1.82, 2.24) is 4.57 Å². The zero-order valence-electron chi connectivity index (χ0n) is 16.3. The summed E-state index contributed by atoms with van der Waals surface area (Å²) in [6.07, 6.45) is 1.24. The van der Waals surface area contributed by atoms with Gasteiger partial charge in [-0.3, -0.25) is 0 Å².